The second kappa shape index (κ2) is 6.19. The molecule has 0 aliphatic heterocycles. The van der Waals surface area contributed by atoms with Crippen LogP contribution < -0.4 is 5.32 Å². The molecule has 1 aromatic carbocycles. The zero-order chi connectivity index (χ0) is 13.0. The molecule has 1 aromatic rings. The second-order valence-electron chi connectivity index (χ2n) is 4.75. The van der Waals surface area contributed by atoms with E-state index in [1.165, 1.54) is 12.5 Å². The van der Waals surface area contributed by atoms with Crippen LogP contribution in [-0.4, -0.2) is 5.91 Å². The maximum absolute atomic E-state index is 13.5. The third-order valence-corrected chi connectivity index (χ3v) is 3.83. The van der Waals surface area contributed by atoms with Crippen molar-refractivity contribution < 1.29 is 9.18 Å². The van der Waals surface area contributed by atoms with Crippen LogP contribution in [0.4, 0.5) is 4.39 Å². The van der Waals surface area contributed by atoms with Crippen molar-refractivity contribution in [2.24, 2.45) is 5.92 Å². The molecular weight excluding hydrogens is 253 g/mol. The highest BCUT2D eigenvalue weighted by atomic mass is 35.5. The second-order valence-corrected chi connectivity index (χ2v) is 5.16. The number of rotatable bonds is 3. The van der Waals surface area contributed by atoms with E-state index in [9.17, 15) is 9.18 Å². The summed E-state index contributed by atoms with van der Waals surface area (Å²) in [5, 5.41) is 3.15. The van der Waals surface area contributed by atoms with Gasteiger partial charge in [-0.05, 0) is 25.0 Å². The van der Waals surface area contributed by atoms with Crippen molar-refractivity contribution in [3.05, 3.63) is 34.6 Å². The van der Waals surface area contributed by atoms with E-state index in [4.69, 9.17) is 11.6 Å². The van der Waals surface area contributed by atoms with Gasteiger partial charge in [0.15, 0.2) is 0 Å². The number of hydrogen-bond donors (Lipinski definition) is 1. The molecule has 1 N–H and O–H groups in total. The molecule has 1 fully saturated rings. The summed E-state index contributed by atoms with van der Waals surface area (Å²) in [5.74, 6) is -0.259. The van der Waals surface area contributed by atoms with E-state index in [1.807, 2.05) is 0 Å². The van der Waals surface area contributed by atoms with Crippen LogP contribution in [0, 0.1) is 11.7 Å². The van der Waals surface area contributed by atoms with Crippen molar-refractivity contribution in [2.75, 3.05) is 0 Å². The SMILES string of the molecule is O=C(NCc1c(F)cccc1Cl)C1CCCCC1. The molecular formula is C14H17ClFNO. The van der Waals surface area contributed by atoms with Crippen LogP contribution in [0.5, 0.6) is 0 Å². The molecule has 1 saturated carbocycles. The standard InChI is InChI=1S/C14H17ClFNO/c15-12-7-4-8-13(16)11(12)9-17-14(18)10-5-2-1-3-6-10/h4,7-8,10H,1-3,5-6,9H2,(H,17,18). The van der Waals surface area contributed by atoms with E-state index < -0.39 is 0 Å². The number of amides is 1. The Morgan fingerprint density at radius 1 is 1.33 bits per heavy atom. The Bertz CT molecular complexity index is 410. The predicted molar refractivity (Wildman–Crippen MR) is 69.8 cm³/mol. The van der Waals surface area contributed by atoms with Gasteiger partial charge in [0.05, 0.1) is 0 Å². The third kappa shape index (κ3) is 3.22. The van der Waals surface area contributed by atoms with E-state index in [0.717, 1.165) is 25.7 Å². The van der Waals surface area contributed by atoms with Crippen molar-refractivity contribution in [3.8, 4) is 0 Å². The molecule has 0 heterocycles. The Labute approximate surface area is 112 Å². The highest BCUT2D eigenvalue weighted by Gasteiger charge is 2.21. The molecule has 2 nitrogen and oxygen atoms in total. The molecule has 4 heteroatoms. The van der Waals surface area contributed by atoms with Gasteiger partial charge in [0.1, 0.15) is 5.82 Å². The minimum atomic E-state index is -0.369. The van der Waals surface area contributed by atoms with Crippen LogP contribution in [0.3, 0.4) is 0 Å². The fourth-order valence-electron chi connectivity index (χ4n) is 2.39. The largest absolute Gasteiger partial charge is 0.352 e. The third-order valence-electron chi connectivity index (χ3n) is 3.48. The number of nitrogens with one attached hydrogen (secondary N) is 1. The topological polar surface area (TPSA) is 29.1 Å². The maximum Gasteiger partial charge on any atom is 0.223 e. The summed E-state index contributed by atoms with van der Waals surface area (Å²) in [6.45, 7) is 0.167. The molecule has 0 saturated heterocycles. The first-order valence-corrected chi connectivity index (χ1v) is 6.77. The van der Waals surface area contributed by atoms with Gasteiger partial charge in [0.25, 0.3) is 0 Å². The average molecular weight is 270 g/mol. The van der Waals surface area contributed by atoms with Crippen molar-refractivity contribution >= 4 is 17.5 Å². The summed E-state index contributed by atoms with van der Waals surface area (Å²) in [4.78, 5) is 11.9. The Balaban J connectivity index is 1.92. The van der Waals surface area contributed by atoms with Crippen LogP contribution >= 0.6 is 11.6 Å². The number of carbonyl (C=O) groups excluding carboxylic acids is 1. The van der Waals surface area contributed by atoms with E-state index in [2.05, 4.69) is 5.32 Å². The molecule has 0 aromatic heterocycles. The summed E-state index contributed by atoms with van der Waals surface area (Å²) >= 11 is 5.91. The van der Waals surface area contributed by atoms with Crippen LogP contribution in [-0.2, 0) is 11.3 Å². The molecule has 18 heavy (non-hydrogen) atoms. The molecule has 1 aliphatic rings. The zero-order valence-electron chi connectivity index (χ0n) is 10.2. The van der Waals surface area contributed by atoms with Crippen molar-refractivity contribution in [2.45, 2.75) is 38.6 Å². The Hall–Kier alpha value is -1.09. The predicted octanol–water partition coefficient (Wildman–Crippen LogP) is 3.68. The molecule has 0 bridgehead atoms. The lowest BCUT2D eigenvalue weighted by Gasteiger charge is -2.20. The van der Waals surface area contributed by atoms with Crippen LogP contribution in [0.15, 0.2) is 18.2 Å². The Morgan fingerprint density at radius 3 is 2.72 bits per heavy atom. The number of carbonyl (C=O) groups is 1. The van der Waals surface area contributed by atoms with Gasteiger partial charge in [-0.25, -0.2) is 4.39 Å². The minimum Gasteiger partial charge on any atom is -0.352 e. The summed E-state index contributed by atoms with van der Waals surface area (Å²) < 4.78 is 13.5. The number of benzene rings is 1. The first-order chi connectivity index (χ1) is 8.68. The van der Waals surface area contributed by atoms with Gasteiger partial charge in [0.2, 0.25) is 5.91 Å². The van der Waals surface area contributed by atoms with Gasteiger partial charge in [0, 0.05) is 23.0 Å². The quantitative estimate of drug-likeness (QED) is 0.891. The molecule has 0 radical (unpaired) electrons. The highest BCUT2D eigenvalue weighted by Crippen LogP contribution is 2.24. The monoisotopic (exact) mass is 269 g/mol. The summed E-state index contributed by atoms with van der Waals surface area (Å²) in [7, 11) is 0. The summed E-state index contributed by atoms with van der Waals surface area (Å²) in [6.07, 6.45) is 5.31. The normalized spacial score (nSPS) is 16.6. The molecule has 2 rings (SSSR count). The fourth-order valence-corrected chi connectivity index (χ4v) is 2.62. The maximum atomic E-state index is 13.5. The van der Waals surface area contributed by atoms with E-state index in [1.54, 1.807) is 12.1 Å². The van der Waals surface area contributed by atoms with Gasteiger partial charge in [-0.15, -0.1) is 0 Å². The molecule has 0 spiro atoms. The minimum absolute atomic E-state index is 0.0222. The van der Waals surface area contributed by atoms with E-state index >= 15 is 0 Å². The van der Waals surface area contributed by atoms with Gasteiger partial charge >= 0.3 is 0 Å². The Morgan fingerprint density at radius 2 is 2.06 bits per heavy atom. The molecule has 1 amide bonds. The smallest absolute Gasteiger partial charge is 0.223 e. The number of halogens is 2. The number of hydrogen-bond acceptors (Lipinski definition) is 1. The van der Waals surface area contributed by atoms with Gasteiger partial charge < -0.3 is 5.32 Å². The zero-order valence-corrected chi connectivity index (χ0v) is 11.0. The van der Waals surface area contributed by atoms with Crippen LogP contribution in [0.2, 0.25) is 5.02 Å². The first-order valence-electron chi connectivity index (χ1n) is 6.39. The van der Waals surface area contributed by atoms with Crippen molar-refractivity contribution in [3.63, 3.8) is 0 Å². The van der Waals surface area contributed by atoms with E-state index in [-0.39, 0.29) is 24.2 Å². The van der Waals surface area contributed by atoms with Gasteiger partial charge in [-0.1, -0.05) is 36.9 Å². The molecule has 0 unspecified atom stereocenters. The summed E-state index contributed by atoms with van der Waals surface area (Å²) in [5.41, 5.74) is 0.364. The van der Waals surface area contributed by atoms with E-state index in [0.29, 0.717) is 10.6 Å². The lowest BCUT2D eigenvalue weighted by atomic mass is 9.88. The Kier molecular flexibility index (Phi) is 4.59. The van der Waals surface area contributed by atoms with Crippen LogP contribution in [0.25, 0.3) is 0 Å². The lowest BCUT2D eigenvalue weighted by Crippen LogP contribution is -2.31. The first kappa shape index (κ1) is 13.3. The van der Waals surface area contributed by atoms with Gasteiger partial charge in [-0.2, -0.15) is 0 Å². The summed E-state index contributed by atoms with van der Waals surface area (Å²) in [6, 6.07) is 4.55. The molecule has 0 atom stereocenters. The average Bonchev–Trinajstić information content (AvgIpc) is 2.39. The fraction of sp³-hybridized carbons (Fsp3) is 0.500. The highest BCUT2D eigenvalue weighted by molar-refractivity contribution is 6.31. The van der Waals surface area contributed by atoms with Crippen LogP contribution in [0.1, 0.15) is 37.7 Å². The lowest BCUT2D eigenvalue weighted by molar-refractivity contribution is -0.126. The molecule has 98 valence electrons. The van der Waals surface area contributed by atoms with Crippen molar-refractivity contribution in [1.29, 1.82) is 0 Å². The molecule has 1 aliphatic carbocycles. The van der Waals surface area contributed by atoms with Gasteiger partial charge in [-0.3, -0.25) is 4.79 Å². The van der Waals surface area contributed by atoms with Crippen molar-refractivity contribution in [1.82, 2.24) is 5.32 Å².